The highest BCUT2D eigenvalue weighted by atomic mass is 32.2. The van der Waals surface area contributed by atoms with E-state index in [4.69, 9.17) is 4.74 Å². The van der Waals surface area contributed by atoms with Crippen LogP contribution in [0, 0.1) is 0 Å². The molecule has 0 atom stereocenters. The predicted molar refractivity (Wildman–Crippen MR) is 130 cm³/mol. The molecule has 9 heteroatoms. The van der Waals surface area contributed by atoms with Gasteiger partial charge >= 0.3 is 5.97 Å². The van der Waals surface area contributed by atoms with Gasteiger partial charge in [0.15, 0.2) is 6.61 Å². The third-order valence-corrected chi connectivity index (χ3v) is 8.11. The van der Waals surface area contributed by atoms with Gasteiger partial charge in [0.05, 0.1) is 5.56 Å². The molecule has 2 aliphatic heterocycles. The van der Waals surface area contributed by atoms with E-state index in [0.717, 1.165) is 40.6 Å². The monoisotopic (exact) mass is 481 g/mol. The molecule has 0 unspecified atom stereocenters. The summed E-state index contributed by atoms with van der Waals surface area (Å²) >= 11 is 3.47. The minimum Gasteiger partial charge on any atom is -0.452 e. The molecule has 2 amide bonds. The zero-order valence-electron chi connectivity index (χ0n) is 17.9. The Morgan fingerprint density at radius 3 is 2.76 bits per heavy atom. The number of aromatic nitrogens is 1. The van der Waals surface area contributed by atoms with Crippen molar-refractivity contribution in [1.82, 2.24) is 4.57 Å². The molecular weight excluding hydrogens is 458 g/mol. The number of amides is 2. The fraction of sp³-hybridized carbons (Fsp3) is 0.292. The topological polar surface area (TPSA) is 80.6 Å². The molecule has 2 aromatic heterocycles. The van der Waals surface area contributed by atoms with Crippen LogP contribution in [0.25, 0.3) is 5.00 Å². The van der Waals surface area contributed by atoms with Gasteiger partial charge in [-0.25, -0.2) is 4.79 Å². The molecule has 2 aliphatic rings. The lowest BCUT2D eigenvalue weighted by atomic mass is 10.1. The lowest BCUT2D eigenvalue weighted by Crippen LogP contribution is -2.24. The average Bonchev–Trinajstić information content (AvgIpc) is 3.57. The highest BCUT2D eigenvalue weighted by Crippen LogP contribution is 2.38. The second kappa shape index (κ2) is 9.44. The van der Waals surface area contributed by atoms with Gasteiger partial charge in [-0.2, -0.15) is 11.8 Å². The average molecular weight is 482 g/mol. The van der Waals surface area contributed by atoms with Gasteiger partial charge in [-0.3, -0.25) is 9.59 Å². The van der Waals surface area contributed by atoms with E-state index in [0.29, 0.717) is 24.2 Å². The maximum Gasteiger partial charge on any atom is 0.341 e. The summed E-state index contributed by atoms with van der Waals surface area (Å²) in [4.78, 5) is 40.5. The Labute approximate surface area is 199 Å². The highest BCUT2D eigenvalue weighted by Gasteiger charge is 2.28. The van der Waals surface area contributed by atoms with E-state index in [2.05, 4.69) is 5.32 Å². The first kappa shape index (κ1) is 21.8. The largest absolute Gasteiger partial charge is 0.452 e. The number of carbonyl (C=O) groups is 3. The maximum atomic E-state index is 13.1. The predicted octanol–water partition coefficient (Wildman–Crippen LogP) is 4.25. The van der Waals surface area contributed by atoms with Crippen molar-refractivity contribution in [2.75, 3.05) is 29.1 Å². The highest BCUT2D eigenvalue weighted by molar-refractivity contribution is 7.98. The van der Waals surface area contributed by atoms with Crippen molar-refractivity contribution in [2.45, 2.75) is 25.0 Å². The van der Waals surface area contributed by atoms with Crippen LogP contribution in [0.15, 0.2) is 48.8 Å². The van der Waals surface area contributed by atoms with Gasteiger partial charge in [-0.1, -0.05) is 6.07 Å². The Hall–Kier alpha value is -3.04. The molecule has 0 spiro atoms. The van der Waals surface area contributed by atoms with Crippen LogP contribution >= 0.6 is 23.1 Å². The maximum absolute atomic E-state index is 13.1. The third-order valence-electron chi connectivity index (χ3n) is 5.69. The summed E-state index contributed by atoms with van der Waals surface area (Å²) in [5, 5.41) is 3.60. The van der Waals surface area contributed by atoms with Crippen LogP contribution in [0.5, 0.6) is 0 Å². The number of nitrogens with zero attached hydrogens (tertiary/aromatic N) is 2. The van der Waals surface area contributed by atoms with E-state index in [9.17, 15) is 14.4 Å². The van der Waals surface area contributed by atoms with Crippen LogP contribution in [0.4, 0.5) is 11.4 Å². The molecule has 1 aromatic carbocycles. The molecule has 0 bridgehead atoms. The van der Waals surface area contributed by atoms with Crippen LogP contribution in [0.1, 0.15) is 33.6 Å². The van der Waals surface area contributed by atoms with Crippen molar-refractivity contribution in [3.8, 4) is 5.00 Å². The minimum absolute atomic E-state index is 0.0865. The van der Waals surface area contributed by atoms with Crippen molar-refractivity contribution in [3.05, 3.63) is 64.8 Å². The van der Waals surface area contributed by atoms with Gasteiger partial charge in [-0.05, 0) is 54.5 Å². The summed E-state index contributed by atoms with van der Waals surface area (Å²) in [6, 6.07) is 11.0. The van der Waals surface area contributed by atoms with Gasteiger partial charge in [0, 0.05) is 47.4 Å². The molecule has 170 valence electrons. The first-order chi connectivity index (χ1) is 16.1. The first-order valence-electron chi connectivity index (χ1n) is 10.8. The summed E-state index contributed by atoms with van der Waals surface area (Å²) in [5.74, 6) is 1.04. The normalized spacial score (nSPS) is 15.4. The Balaban J connectivity index is 1.27. The molecule has 3 aromatic rings. The number of fused-ring (bicyclic) bond motifs is 1. The van der Waals surface area contributed by atoms with E-state index >= 15 is 0 Å². The van der Waals surface area contributed by atoms with Gasteiger partial charge in [-0.15, -0.1) is 11.3 Å². The number of ether oxygens (including phenoxy) is 1. The van der Waals surface area contributed by atoms with E-state index in [1.165, 1.54) is 4.88 Å². The number of nitrogens with one attached hydrogen (secondary N) is 1. The standard InChI is InChI=1S/C24H23N3O4S2/c28-20(25-16-5-3-6-17(13-16)27-11-4-7-21(27)29)14-31-24(30)22-18-8-12-32-15-19(18)33-23(22)26-9-1-2-10-26/h1-3,5-6,9-10,13H,4,7-8,11-12,14-15H2,(H,25,28). The summed E-state index contributed by atoms with van der Waals surface area (Å²) < 4.78 is 7.37. The van der Waals surface area contributed by atoms with Crippen molar-refractivity contribution in [1.29, 1.82) is 0 Å². The number of esters is 1. The van der Waals surface area contributed by atoms with Crippen LogP contribution in [0.3, 0.4) is 0 Å². The second-order valence-corrected chi connectivity index (χ2v) is 10.1. The quantitative estimate of drug-likeness (QED) is 0.533. The lowest BCUT2D eigenvalue weighted by Gasteiger charge is -2.17. The van der Waals surface area contributed by atoms with Gasteiger partial charge in [0.2, 0.25) is 5.91 Å². The zero-order chi connectivity index (χ0) is 22.8. The van der Waals surface area contributed by atoms with Crippen molar-refractivity contribution in [2.24, 2.45) is 0 Å². The summed E-state index contributed by atoms with van der Waals surface area (Å²) in [6.45, 7) is 0.303. The smallest absolute Gasteiger partial charge is 0.341 e. The Morgan fingerprint density at radius 2 is 1.97 bits per heavy atom. The first-order valence-corrected chi connectivity index (χ1v) is 12.8. The number of benzene rings is 1. The molecule has 1 N–H and O–H groups in total. The Kier molecular flexibility index (Phi) is 6.24. The molecule has 1 saturated heterocycles. The lowest BCUT2D eigenvalue weighted by molar-refractivity contribution is -0.119. The van der Waals surface area contributed by atoms with Crippen molar-refractivity contribution < 1.29 is 19.1 Å². The SMILES string of the molecule is O=C(COC(=O)c1c(-n2cccc2)sc2c1CCSC2)Nc1cccc(N2CCCC2=O)c1. The number of anilines is 2. The fourth-order valence-electron chi connectivity index (χ4n) is 4.15. The van der Waals surface area contributed by atoms with Crippen LogP contribution in [0.2, 0.25) is 0 Å². The van der Waals surface area contributed by atoms with Crippen molar-refractivity contribution in [3.63, 3.8) is 0 Å². The third kappa shape index (κ3) is 4.56. The molecule has 33 heavy (non-hydrogen) atoms. The Morgan fingerprint density at radius 1 is 1.12 bits per heavy atom. The summed E-state index contributed by atoms with van der Waals surface area (Å²) in [7, 11) is 0. The van der Waals surface area contributed by atoms with E-state index < -0.39 is 11.9 Å². The van der Waals surface area contributed by atoms with Crippen LogP contribution in [-0.2, 0) is 26.5 Å². The van der Waals surface area contributed by atoms with E-state index in [1.54, 1.807) is 34.4 Å². The zero-order valence-corrected chi connectivity index (χ0v) is 19.5. The molecule has 0 aliphatic carbocycles. The number of hydrogen-bond donors (Lipinski definition) is 1. The number of thiophene rings is 1. The van der Waals surface area contributed by atoms with Crippen molar-refractivity contribution >= 4 is 52.3 Å². The molecular formula is C24H23N3O4S2. The molecule has 1 fully saturated rings. The van der Waals surface area contributed by atoms with Crippen LogP contribution in [-0.4, -0.2) is 41.3 Å². The van der Waals surface area contributed by atoms with Gasteiger partial charge < -0.3 is 19.5 Å². The van der Waals surface area contributed by atoms with E-state index in [1.807, 2.05) is 46.9 Å². The number of hydrogen-bond acceptors (Lipinski definition) is 6. The van der Waals surface area contributed by atoms with Gasteiger partial charge in [0.25, 0.3) is 5.91 Å². The van der Waals surface area contributed by atoms with E-state index in [-0.39, 0.29) is 12.5 Å². The summed E-state index contributed by atoms with van der Waals surface area (Å²) in [5.41, 5.74) is 2.92. The molecule has 7 nitrogen and oxygen atoms in total. The number of rotatable bonds is 6. The minimum atomic E-state index is -0.477. The van der Waals surface area contributed by atoms with Gasteiger partial charge in [0.1, 0.15) is 5.00 Å². The molecule has 0 saturated carbocycles. The summed E-state index contributed by atoms with van der Waals surface area (Å²) in [6.07, 6.45) is 6.01. The second-order valence-electron chi connectivity index (χ2n) is 7.90. The molecule has 5 rings (SSSR count). The van der Waals surface area contributed by atoms with Crippen LogP contribution < -0.4 is 10.2 Å². The number of thioether (sulfide) groups is 1. The Bertz CT molecular complexity index is 1200. The number of carbonyl (C=O) groups excluding carboxylic acids is 3. The fourth-order valence-corrected chi connectivity index (χ4v) is 6.59. The molecule has 0 radical (unpaired) electrons. The molecule has 4 heterocycles.